The van der Waals surface area contributed by atoms with Crippen LogP contribution < -0.4 is 10.5 Å². The van der Waals surface area contributed by atoms with Gasteiger partial charge in [0.2, 0.25) is 0 Å². The summed E-state index contributed by atoms with van der Waals surface area (Å²) in [5, 5.41) is 0. The molecule has 4 nitrogen and oxygen atoms in total. The van der Waals surface area contributed by atoms with Crippen molar-refractivity contribution in [3.8, 4) is 5.75 Å². The van der Waals surface area contributed by atoms with Crippen molar-refractivity contribution < 1.29 is 4.74 Å². The number of hydrogen-bond acceptors (Lipinski definition) is 2. The van der Waals surface area contributed by atoms with Gasteiger partial charge in [0.1, 0.15) is 12.4 Å². The van der Waals surface area contributed by atoms with Crippen molar-refractivity contribution in [2.75, 3.05) is 26.2 Å². The fourth-order valence-electron chi connectivity index (χ4n) is 1.50. The average Bonchev–Trinajstić information content (AvgIpc) is 2.38. The van der Waals surface area contributed by atoms with Crippen molar-refractivity contribution >= 4 is 21.9 Å². The molecule has 0 saturated carbocycles. The predicted octanol–water partition coefficient (Wildman–Crippen LogP) is 2.48. The summed E-state index contributed by atoms with van der Waals surface area (Å²) < 4.78 is 6.60. The van der Waals surface area contributed by atoms with E-state index in [0.717, 1.165) is 23.3 Å². The fraction of sp³-hybridized carbons (Fsp3) is 0.462. The summed E-state index contributed by atoms with van der Waals surface area (Å²) in [6.45, 7) is 6.97. The van der Waals surface area contributed by atoms with Crippen LogP contribution in [0.1, 0.15) is 13.8 Å². The van der Waals surface area contributed by atoms with E-state index in [-0.39, 0.29) is 0 Å². The highest BCUT2D eigenvalue weighted by Crippen LogP contribution is 2.15. The number of rotatable bonds is 6. The van der Waals surface area contributed by atoms with Gasteiger partial charge in [-0.25, -0.2) is 4.99 Å². The SMILES string of the molecule is CCN(CC)C(N)=NCCOc1ccc(Br)cc1. The summed E-state index contributed by atoms with van der Waals surface area (Å²) in [5.74, 6) is 1.43. The first kappa shape index (κ1) is 14.8. The van der Waals surface area contributed by atoms with E-state index in [0.29, 0.717) is 19.1 Å². The maximum absolute atomic E-state index is 5.85. The Kier molecular flexibility index (Phi) is 6.57. The van der Waals surface area contributed by atoms with Gasteiger partial charge in [-0.05, 0) is 38.1 Å². The monoisotopic (exact) mass is 313 g/mol. The zero-order valence-corrected chi connectivity index (χ0v) is 12.5. The Labute approximate surface area is 117 Å². The fourth-order valence-corrected chi connectivity index (χ4v) is 1.77. The third-order valence-corrected chi connectivity index (χ3v) is 3.06. The third kappa shape index (κ3) is 4.96. The molecule has 100 valence electrons. The van der Waals surface area contributed by atoms with E-state index in [1.54, 1.807) is 0 Å². The molecule has 0 aliphatic rings. The molecule has 0 radical (unpaired) electrons. The number of ether oxygens (including phenoxy) is 1. The Morgan fingerprint density at radius 3 is 2.44 bits per heavy atom. The van der Waals surface area contributed by atoms with Crippen LogP contribution in [0.15, 0.2) is 33.7 Å². The van der Waals surface area contributed by atoms with Gasteiger partial charge in [0.15, 0.2) is 5.96 Å². The zero-order chi connectivity index (χ0) is 13.4. The first-order valence-electron chi connectivity index (χ1n) is 6.10. The number of nitrogens with zero attached hydrogens (tertiary/aromatic N) is 2. The van der Waals surface area contributed by atoms with Crippen LogP contribution in [-0.2, 0) is 0 Å². The Bertz CT molecular complexity index is 374. The van der Waals surface area contributed by atoms with Gasteiger partial charge in [-0.15, -0.1) is 0 Å². The van der Waals surface area contributed by atoms with Crippen molar-refractivity contribution in [2.24, 2.45) is 10.7 Å². The molecule has 0 aliphatic heterocycles. The largest absolute Gasteiger partial charge is 0.492 e. The number of guanidine groups is 1. The van der Waals surface area contributed by atoms with Gasteiger partial charge in [-0.3, -0.25) is 0 Å². The Balaban J connectivity index is 2.33. The maximum atomic E-state index is 5.85. The maximum Gasteiger partial charge on any atom is 0.191 e. The molecule has 1 aromatic rings. The zero-order valence-electron chi connectivity index (χ0n) is 10.9. The smallest absolute Gasteiger partial charge is 0.191 e. The summed E-state index contributed by atoms with van der Waals surface area (Å²) in [6.07, 6.45) is 0. The van der Waals surface area contributed by atoms with Gasteiger partial charge < -0.3 is 15.4 Å². The highest BCUT2D eigenvalue weighted by Gasteiger charge is 2.01. The quantitative estimate of drug-likeness (QED) is 0.498. The summed E-state index contributed by atoms with van der Waals surface area (Å²) in [7, 11) is 0. The second kappa shape index (κ2) is 7.97. The van der Waals surface area contributed by atoms with Crippen molar-refractivity contribution in [3.05, 3.63) is 28.7 Å². The summed E-state index contributed by atoms with van der Waals surface area (Å²) in [5.41, 5.74) is 5.85. The molecule has 0 amide bonds. The van der Waals surface area contributed by atoms with Crippen LogP contribution in [-0.4, -0.2) is 37.1 Å². The van der Waals surface area contributed by atoms with Crippen LogP contribution in [0.25, 0.3) is 0 Å². The van der Waals surface area contributed by atoms with Gasteiger partial charge >= 0.3 is 0 Å². The molecule has 0 aliphatic carbocycles. The van der Waals surface area contributed by atoms with E-state index in [1.165, 1.54) is 0 Å². The molecule has 1 aromatic carbocycles. The van der Waals surface area contributed by atoms with Crippen LogP contribution in [0.3, 0.4) is 0 Å². The minimum atomic E-state index is 0.531. The number of hydrogen-bond donors (Lipinski definition) is 1. The molecule has 0 aromatic heterocycles. The van der Waals surface area contributed by atoms with E-state index < -0.39 is 0 Å². The van der Waals surface area contributed by atoms with E-state index in [4.69, 9.17) is 10.5 Å². The minimum absolute atomic E-state index is 0.531. The molecule has 0 heterocycles. The number of aliphatic imine (C=N–C) groups is 1. The minimum Gasteiger partial charge on any atom is -0.492 e. The topological polar surface area (TPSA) is 50.8 Å². The molecule has 0 spiro atoms. The lowest BCUT2D eigenvalue weighted by Crippen LogP contribution is -2.37. The molecule has 0 unspecified atom stereocenters. The van der Waals surface area contributed by atoms with E-state index in [2.05, 4.69) is 34.8 Å². The van der Waals surface area contributed by atoms with Crippen molar-refractivity contribution in [3.63, 3.8) is 0 Å². The highest BCUT2D eigenvalue weighted by molar-refractivity contribution is 9.10. The molecule has 0 saturated heterocycles. The van der Waals surface area contributed by atoms with Gasteiger partial charge in [0.25, 0.3) is 0 Å². The van der Waals surface area contributed by atoms with Crippen molar-refractivity contribution in [1.82, 2.24) is 4.90 Å². The molecular weight excluding hydrogens is 294 g/mol. The first-order valence-corrected chi connectivity index (χ1v) is 6.89. The van der Waals surface area contributed by atoms with Gasteiger partial charge in [-0.1, -0.05) is 15.9 Å². The standard InChI is InChI=1S/C13H20BrN3O/c1-3-17(4-2)13(15)16-9-10-18-12-7-5-11(14)6-8-12/h5-8H,3-4,9-10H2,1-2H3,(H2,15,16). The van der Waals surface area contributed by atoms with Gasteiger partial charge in [0, 0.05) is 17.6 Å². The van der Waals surface area contributed by atoms with Crippen LogP contribution in [0, 0.1) is 0 Å². The van der Waals surface area contributed by atoms with Crippen molar-refractivity contribution in [1.29, 1.82) is 0 Å². The number of nitrogens with two attached hydrogens (primary N) is 1. The lowest BCUT2D eigenvalue weighted by molar-refractivity contribution is 0.327. The number of halogens is 1. The van der Waals surface area contributed by atoms with E-state index in [1.807, 2.05) is 29.2 Å². The Morgan fingerprint density at radius 2 is 1.89 bits per heavy atom. The predicted molar refractivity (Wildman–Crippen MR) is 79.0 cm³/mol. The summed E-state index contributed by atoms with van der Waals surface area (Å²) in [4.78, 5) is 6.30. The van der Waals surface area contributed by atoms with Gasteiger partial charge in [-0.2, -0.15) is 0 Å². The Hall–Kier alpha value is -1.23. The highest BCUT2D eigenvalue weighted by atomic mass is 79.9. The van der Waals surface area contributed by atoms with E-state index in [9.17, 15) is 0 Å². The Morgan fingerprint density at radius 1 is 1.28 bits per heavy atom. The molecule has 0 fully saturated rings. The molecule has 0 bridgehead atoms. The normalized spacial score (nSPS) is 11.4. The third-order valence-electron chi connectivity index (χ3n) is 2.53. The molecular formula is C13H20BrN3O. The second-order valence-electron chi connectivity index (χ2n) is 3.71. The van der Waals surface area contributed by atoms with Crippen LogP contribution in [0.4, 0.5) is 0 Å². The lowest BCUT2D eigenvalue weighted by Gasteiger charge is -2.19. The summed E-state index contributed by atoms with van der Waals surface area (Å²) >= 11 is 3.38. The van der Waals surface area contributed by atoms with Crippen molar-refractivity contribution in [2.45, 2.75) is 13.8 Å². The van der Waals surface area contributed by atoms with Crippen LogP contribution in [0.5, 0.6) is 5.75 Å². The second-order valence-corrected chi connectivity index (χ2v) is 4.63. The molecule has 18 heavy (non-hydrogen) atoms. The van der Waals surface area contributed by atoms with E-state index >= 15 is 0 Å². The van der Waals surface area contributed by atoms with Crippen LogP contribution >= 0.6 is 15.9 Å². The molecule has 0 atom stereocenters. The first-order chi connectivity index (χ1) is 8.67. The van der Waals surface area contributed by atoms with Gasteiger partial charge in [0.05, 0.1) is 6.54 Å². The van der Waals surface area contributed by atoms with Crippen LogP contribution in [0.2, 0.25) is 0 Å². The lowest BCUT2D eigenvalue weighted by atomic mass is 10.3. The molecule has 2 N–H and O–H groups in total. The molecule has 5 heteroatoms. The summed E-state index contributed by atoms with van der Waals surface area (Å²) in [6, 6.07) is 7.73. The number of benzene rings is 1. The molecule has 1 rings (SSSR count). The average molecular weight is 314 g/mol.